The number of carbonyl (C=O) groups excluding carboxylic acids is 1. The first-order valence-corrected chi connectivity index (χ1v) is 11.0. The number of carbonyl (C=O) groups is 1. The molecule has 13 heteroatoms. The SMILES string of the molecule is O=C(CCOCCn1cc(C(F)(F)F)c2c(=O)[nH]ncc21)N1CCN(c2ccc(Cl)cn2)CC1. The lowest BCUT2D eigenvalue weighted by Crippen LogP contribution is -2.49. The third-order valence-corrected chi connectivity index (χ3v) is 5.83. The summed E-state index contributed by atoms with van der Waals surface area (Å²) >= 11 is 5.86. The Labute approximate surface area is 197 Å². The zero-order valence-corrected chi connectivity index (χ0v) is 18.8. The van der Waals surface area contributed by atoms with Gasteiger partial charge in [-0.15, -0.1) is 0 Å². The molecule has 0 aromatic carbocycles. The second-order valence-corrected chi connectivity index (χ2v) is 8.19. The molecule has 4 rings (SSSR count). The predicted molar refractivity (Wildman–Crippen MR) is 119 cm³/mol. The number of nitrogens with one attached hydrogen (secondary N) is 1. The highest BCUT2D eigenvalue weighted by atomic mass is 35.5. The highest BCUT2D eigenvalue weighted by Gasteiger charge is 2.36. The fraction of sp³-hybridized carbons (Fsp3) is 0.429. The summed E-state index contributed by atoms with van der Waals surface area (Å²) < 4.78 is 46.6. The molecule has 3 aromatic heterocycles. The van der Waals surface area contributed by atoms with Gasteiger partial charge in [0.2, 0.25) is 5.91 Å². The lowest BCUT2D eigenvalue weighted by molar-refractivity contribution is -0.136. The number of aromatic nitrogens is 4. The molecule has 0 saturated carbocycles. The minimum Gasteiger partial charge on any atom is -0.379 e. The van der Waals surface area contributed by atoms with E-state index < -0.39 is 22.7 Å². The van der Waals surface area contributed by atoms with Crippen LogP contribution in [0.15, 0.2) is 35.5 Å². The average Bonchev–Trinajstić information content (AvgIpc) is 3.20. The highest BCUT2D eigenvalue weighted by molar-refractivity contribution is 6.30. The molecule has 9 nitrogen and oxygen atoms in total. The van der Waals surface area contributed by atoms with E-state index in [9.17, 15) is 22.8 Å². The molecule has 0 spiro atoms. The second kappa shape index (κ2) is 10.0. The van der Waals surface area contributed by atoms with Crippen LogP contribution in [-0.4, -0.2) is 69.9 Å². The Morgan fingerprint density at radius 1 is 1.15 bits per heavy atom. The van der Waals surface area contributed by atoms with Crippen molar-refractivity contribution in [3.05, 3.63) is 51.7 Å². The van der Waals surface area contributed by atoms with Gasteiger partial charge in [0.25, 0.3) is 5.56 Å². The Morgan fingerprint density at radius 2 is 1.91 bits per heavy atom. The van der Waals surface area contributed by atoms with Gasteiger partial charge in [-0.2, -0.15) is 18.3 Å². The van der Waals surface area contributed by atoms with Crippen molar-refractivity contribution in [2.45, 2.75) is 19.1 Å². The van der Waals surface area contributed by atoms with Crippen LogP contribution in [0, 0.1) is 0 Å². The fourth-order valence-electron chi connectivity index (χ4n) is 3.88. The number of pyridine rings is 1. The standard InChI is InChI=1S/C21H22ClF3N6O3/c22-14-1-2-17(26-11-14)29-4-6-30(7-5-29)18(32)3-9-34-10-8-31-13-15(21(23,24)25)19-16(31)12-27-28-20(19)33/h1-2,11-13H,3-10H2,(H,28,33). The van der Waals surface area contributed by atoms with Crippen LogP contribution in [0.3, 0.4) is 0 Å². The van der Waals surface area contributed by atoms with Crippen molar-refractivity contribution >= 4 is 34.2 Å². The zero-order valence-electron chi connectivity index (χ0n) is 18.0. The van der Waals surface area contributed by atoms with E-state index >= 15 is 0 Å². The fourth-order valence-corrected chi connectivity index (χ4v) is 3.99. The van der Waals surface area contributed by atoms with Crippen LogP contribution >= 0.6 is 11.6 Å². The number of hydrogen-bond donors (Lipinski definition) is 1. The van der Waals surface area contributed by atoms with E-state index in [0.29, 0.717) is 31.2 Å². The lowest BCUT2D eigenvalue weighted by atomic mass is 10.2. The number of piperazine rings is 1. The normalized spacial score (nSPS) is 14.7. The Balaban J connectivity index is 1.24. The molecule has 1 amide bonds. The summed E-state index contributed by atoms with van der Waals surface area (Å²) in [6.07, 6.45) is -0.861. The van der Waals surface area contributed by atoms with E-state index in [4.69, 9.17) is 16.3 Å². The number of nitrogens with zero attached hydrogens (tertiary/aromatic N) is 5. The molecule has 1 aliphatic rings. The van der Waals surface area contributed by atoms with Crippen LogP contribution in [0.2, 0.25) is 5.02 Å². The highest BCUT2D eigenvalue weighted by Crippen LogP contribution is 2.34. The Bertz CT molecular complexity index is 1200. The smallest absolute Gasteiger partial charge is 0.379 e. The monoisotopic (exact) mass is 498 g/mol. The first kappa shape index (κ1) is 24.0. The molecule has 34 heavy (non-hydrogen) atoms. The van der Waals surface area contributed by atoms with Crippen LogP contribution in [0.1, 0.15) is 12.0 Å². The molecule has 1 N–H and O–H groups in total. The van der Waals surface area contributed by atoms with Gasteiger partial charge in [0.05, 0.1) is 47.3 Å². The number of ether oxygens (including phenoxy) is 1. The van der Waals surface area contributed by atoms with Gasteiger partial charge in [0, 0.05) is 45.1 Å². The number of anilines is 1. The topological polar surface area (TPSA) is 96.3 Å². The Hall–Kier alpha value is -3.12. The minimum atomic E-state index is -4.67. The van der Waals surface area contributed by atoms with Crippen LogP contribution in [-0.2, 0) is 22.3 Å². The van der Waals surface area contributed by atoms with Crippen LogP contribution in [0.4, 0.5) is 19.0 Å². The van der Waals surface area contributed by atoms with Crippen LogP contribution < -0.4 is 10.5 Å². The predicted octanol–water partition coefficient (Wildman–Crippen LogP) is 2.55. The second-order valence-electron chi connectivity index (χ2n) is 7.76. The van der Waals surface area contributed by atoms with E-state index in [1.807, 2.05) is 11.2 Å². The summed E-state index contributed by atoms with van der Waals surface area (Å²) in [5, 5.41) is 5.73. The Morgan fingerprint density at radius 3 is 2.59 bits per heavy atom. The molecule has 1 aliphatic heterocycles. The number of alkyl halides is 3. The summed E-state index contributed by atoms with van der Waals surface area (Å²) in [5.41, 5.74) is -1.85. The number of fused-ring (bicyclic) bond motifs is 1. The van der Waals surface area contributed by atoms with Crippen molar-refractivity contribution in [1.82, 2.24) is 24.6 Å². The van der Waals surface area contributed by atoms with Gasteiger partial charge in [0.1, 0.15) is 5.82 Å². The summed E-state index contributed by atoms with van der Waals surface area (Å²) in [6.45, 7) is 2.71. The van der Waals surface area contributed by atoms with Gasteiger partial charge in [0.15, 0.2) is 0 Å². The minimum absolute atomic E-state index is 0.0507. The third kappa shape index (κ3) is 5.33. The molecule has 0 atom stereocenters. The van der Waals surface area contributed by atoms with E-state index in [-0.39, 0.29) is 37.6 Å². The van der Waals surface area contributed by atoms with E-state index in [1.54, 1.807) is 17.2 Å². The molecule has 3 aromatic rings. The molecule has 1 fully saturated rings. The van der Waals surface area contributed by atoms with Gasteiger partial charge >= 0.3 is 6.18 Å². The molecule has 182 valence electrons. The van der Waals surface area contributed by atoms with E-state index in [1.165, 1.54) is 10.8 Å². The average molecular weight is 499 g/mol. The van der Waals surface area contributed by atoms with Crippen molar-refractivity contribution in [3.8, 4) is 0 Å². The number of rotatable bonds is 7. The molecule has 4 heterocycles. The summed E-state index contributed by atoms with van der Waals surface area (Å²) in [7, 11) is 0. The van der Waals surface area contributed by atoms with Gasteiger partial charge in [-0.3, -0.25) is 9.59 Å². The number of hydrogen-bond acceptors (Lipinski definition) is 6. The quantitative estimate of drug-likeness (QED) is 0.503. The summed E-state index contributed by atoms with van der Waals surface area (Å²) in [4.78, 5) is 32.4. The first-order chi connectivity index (χ1) is 16.2. The maximum absolute atomic E-state index is 13.3. The number of halogens is 4. The van der Waals surface area contributed by atoms with Crippen molar-refractivity contribution < 1.29 is 22.7 Å². The third-order valence-electron chi connectivity index (χ3n) is 5.61. The maximum Gasteiger partial charge on any atom is 0.418 e. The summed E-state index contributed by atoms with van der Waals surface area (Å²) in [5.74, 6) is 0.758. The summed E-state index contributed by atoms with van der Waals surface area (Å²) in [6, 6.07) is 3.61. The maximum atomic E-state index is 13.3. The van der Waals surface area contributed by atoms with Crippen LogP contribution in [0.25, 0.3) is 10.9 Å². The van der Waals surface area contributed by atoms with Crippen molar-refractivity contribution in [2.75, 3.05) is 44.3 Å². The van der Waals surface area contributed by atoms with Gasteiger partial charge in [-0.1, -0.05) is 11.6 Å². The van der Waals surface area contributed by atoms with E-state index in [2.05, 4.69) is 15.0 Å². The van der Waals surface area contributed by atoms with Crippen molar-refractivity contribution in [3.63, 3.8) is 0 Å². The van der Waals surface area contributed by atoms with Gasteiger partial charge < -0.3 is 19.1 Å². The largest absolute Gasteiger partial charge is 0.418 e. The van der Waals surface area contributed by atoms with Crippen molar-refractivity contribution in [2.24, 2.45) is 0 Å². The van der Waals surface area contributed by atoms with Crippen LogP contribution in [0.5, 0.6) is 0 Å². The molecule has 0 bridgehead atoms. The Kier molecular flexibility index (Phi) is 7.08. The molecular formula is C21H22ClF3N6O3. The van der Waals surface area contributed by atoms with Gasteiger partial charge in [-0.05, 0) is 12.1 Å². The molecule has 1 saturated heterocycles. The lowest BCUT2D eigenvalue weighted by Gasteiger charge is -2.35. The molecule has 0 unspecified atom stereocenters. The first-order valence-electron chi connectivity index (χ1n) is 10.6. The van der Waals surface area contributed by atoms with Crippen molar-refractivity contribution in [1.29, 1.82) is 0 Å². The number of aromatic amines is 1. The number of H-pyrrole nitrogens is 1. The molecule has 0 radical (unpaired) electrons. The zero-order chi connectivity index (χ0) is 24.3. The van der Waals surface area contributed by atoms with Gasteiger partial charge in [-0.25, -0.2) is 10.1 Å². The molecule has 0 aliphatic carbocycles. The molecular weight excluding hydrogens is 477 g/mol. The van der Waals surface area contributed by atoms with E-state index in [0.717, 1.165) is 12.0 Å². The number of amides is 1.